The van der Waals surface area contributed by atoms with E-state index in [2.05, 4.69) is 42.5 Å². The number of rotatable bonds is 0. The molecule has 0 bridgehead atoms. The maximum absolute atomic E-state index is 8.56. The number of carboxylic acid groups (broad SMARTS) is 2. The van der Waals surface area contributed by atoms with Gasteiger partial charge in [-0.05, 0) is 0 Å². The van der Waals surface area contributed by atoms with Gasteiger partial charge in [0.05, 0.1) is 0 Å². The van der Waals surface area contributed by atoms with E-state index < -0.39 is 6.16 Å². The number of carbonyl (C=O) groups is 1. The van der Waals surface area contributed by atoms with Crippen molar-refractivity contribution in [2.45, 2.75) is 0 Å². The van der Waals surface area contributed by atoms with Gasteiger partial charge in [0.2, 0.25) is 0 Å². The van der Waals surface area contributed by atoms with Crippen molar-refractivity contribution in [3.63, 3.8) is 0 Å². The predicted molar refractivity (Wildman–Crippen MR) is 62.8 cm³/mol. The van der Waals surface area contributed by atoms with Gasteiger partial charge in [0.25, 0.3) is 0 Å². The van der Waals surface area contributed by atoms with Crippen molar-refractivity contribution >= 4 is 44.9 Å². The Bertz CT molecular complexity index is 464. The summed E-state index contributed by atoms with van der Waals surface area (Å²) in [7, 11) is 0. The SMILES string of the molecule is O=C(O)O.[BiH2][c]1ccc2ccccc2c1. The fourth-order valence-electron chi connectivity index (χ4n) is 1.21. The van der Waals surface area contributed by atoms with E-state index in [9.17, 15) is 0 Å². The van der Waals surface area contributed by atoms with Crippen LogP contribution in [0.1, 0.15) is 0 Å². The van der Waals surface area contributed by atoms with Crippen LogP contribution in [0.25, 0.3) is 10.8 Å². The van der Waals surface area contributed by atoms with Crippen molar-refractivity contribution in [3.05, 3.63) is 42.5 Å². The van der Waals surface area contributed by atoms with E-state index in [0.717, 1.165) is 24.7 Å². The molecule has 0 amide bonds. The molecule has 0 aliphatic carbocycles. The summed E-state index contributed by atoms with van der Waals surface area (Å²) in [4.78, 5) is 8.56. The number of fused-ring (bicyclic) bond motifs is 1. The summed E-state index contributed by atoms with van der Waals surface area (Å²) in [5, 5.41) is 16.7. The van der Waals surface area contributed by atoms with Crippen LogP contribution < -0.4 is 3.27 Å². The van der Waals surface area contributed by atoms with Crippen LogP contribution in [0.5, 0.6) is 0 Å². The van der Waals surface area contributed by atoms with Gasteiger partial charge in [0.15, 0.2) is 0 Å². The molecule has 0 saturated carbocycles. The molecule has 0 aliphatic heterocycles. The van der Waals surface area contributed by atoms with Crippen molar-refractivity contribution in [3.8, 4) is 0 Å². The van der Waals surface area contributed by atoms with Gasteiger partial charge in [0.1, 0.15) is 0 Å². The molecule has 15 heavy (non-hydrogen) atoms. The molecule has 2 aromatic rings. The van der Waals surface area contributed by atoms with Crippen molar-refractivity contribution in [1.29, 1.82) is 0 Å². The van der Waals surface area contributed by atoms with Crippen LogP contribution in [0.4, 0.5) is 4.79 Å². The maximum atomic E-state index is 8.56. The second-order valence-electron chi connectivity index (χ2n) is 2.89. The zero-order valence-corrected chi connectivity index (χ0v) is 12.4. The van der Waals surface area contributed by atoms with Gasteiger partial charge in [0, 0.05) is 0 Å². The normalized spacial score (nSPS) is 9.13. The van der Waals surface area contributed by atoms with Crippen LogP contribution in [-0.2, 0) is 0 Å². The Kier molecular flexibility index (Phi) is 4.50. The molecule has 3 nitrogen and oxygen atoms in total. The Labute approximate surface area is 102 Å². The summed E-state index contributed by atoms with van der Waals surface area (Å²) in [6.07, 6.45) is -1.83. The van der Waals surface area contributed by atoms with Gasteiger partial charge < -0.3 is 10.2 Å². The zero-order chi connectivity index (χ0) is 11.3. The molecule has 0 heterocycles. The van der Waals surface area contributed by atoms with Gasteiger partial charge in [-0.25, -0.2) is 4.79 Å². The van der Waals surface area contributed by atoms with Gasteiger partial charge in [-0.1, -0.05) is 0 Å². The molecule has 4 heteroatoms. The molecule has 0 saturated heterocycles. The third kappa shape index (κ3) is 4.26. The second kappa shape index (κ2) is 5.67. The standard InChI is InChI=1S/C10H7.CH2O3.Bi.2H/c1-2-6-10-8-4-3-7-9(10)5-1;2-1(3)4;;;/h1-3,5-8H;(H2,2,3,4);;;. The molecule has 0 aliphatic rings. The molecule has 2 rings (SSSR count). The first-order valence-corrected chi connectivity index (χ1v) is 6.50. The van der Waals surface area contributed by atoms with E-state index in [1.807, 2.05) is 0 Å². The Morgan fingerprint density at radius 2 is 1.53 bits per heavy atom. The van der Waals surface area contributed by atoms with Crippen LogP contribution in [0, 0.1) is 0 Å². The average molecular weight is 400 g/mol. The van der Waals surface area contributed by atoms with Crippen molar-refractivity contribution < 1.29 is 15.0 Å². The van der Waals surface area contributed by atoms with E-state index in [-0.39, 0.29) is 0 Å². The molecule has 0 unspecified atom stereocenters. The monoisotopic (exact) mass is 400 g/mol. The number of hydrogen-bond acceptors (Lipinski definition) is 1. The van der Waals surface area contributed by atoms with Gasteiger partial charge >= 0.3 is 87.4 Å². The van der Waals surface area contributed by atoms with Crippen LogP contribution >= 0.6 is 0 Å². The Morgan fingerprint density at radius 3 is 2.13 bits per heavy atom. The quantitative estimate of drug-likeness (QED) is 0.657. The van der Waals surface area contributed by atoms with E-state index in [4.69, 9.17) is 15.0 Å². The number of benzene rings is 2. The second-order valence-corrected chi connectivity index (χ2v) is 5.48. The van der Waals surface area contributed by atoms with Crippen molar-refractivity contribution in [2.75, 3.05) is 0 Å². The van der Waals surface area contributed by atoms with Crippen molar-refractivity contribution in [1.82, 2.24) is 0 Å². The van der Waals surface area contributed by atoms with Crippen LogP contribution in [-0.4, -0.2) is 41.1 Å². The fourth-order valence-corrected chi connectivity index (χ4v) is 2.28. The molecule has 78 valence electrons. The summed E-state index contributed by atoms with van der Waals surface area (Å²) in [5.74, 6) is 0. The Hall–Kier alpha value is -1.15. The summed E-state index contributed by atoms with van der Waals surface area (Å²) < 4.78 is 1.49. The van der Waals surface area contributed by atoms with Crippen LogP contribution in [0.3, 0.4) is 0 Å². The molecular formula is C11H11BiO3. The molecule has 0 fully saturated rings. The molecule has 0 radical (unpaired) electrons. The van der Waals surface area contributed by atoms with E-state index >= 15 is 0 Å². The van der Waals surface area contributed by atoms with E-state index in [0.29, 0.717) is 0 Å². The summed E-state index contributed by atoms with van der Waals surface area (Å²) in [6.45, 7) is 0. The zero-order valence-electron chi connectivity index (χ0n) is 7.92. The van der Waals surface area contributed by atoms with Gasteiger partial charge in [-0.3, -0.25) is 0 Å². The molecule has 0 aromatic heterocycles. The van der Waals surface area contributed by atoms with Gasteiger partial charge in [-0.15, -0.1) is 0 Å². The number of hydrogen-bond donors (Lipinski definition) is 2. The Morgan fingerprint density at radius 1 is 1.00 bits per heavy atom. The van der Waals surface area contributed by atoms with Crippen LogP contribution in [0.2, 0.25) is 0 Å². The molecular weight excluding hydrogens is 389 g/mol. The van der Waals surface area contributed by atoms with E-state index in [1.165, 1.54) is 14.0 Å². The average Bonchev–Trinajstić information content (AvgIpc) is 2.16. The first-order chi connectivity index (χ1) is 7.09. The minimum atomic E-state index is -1.83. The third-order valence-corrected chi connectivity index (χ3v) is 3.17. The van der Waals surface area contributed by atoms with Crippen molar-refractivity contribution in [2.24, 2.45) is 0 Å². The minimum absolute atomic E-state index is 0.949. The molecule has 2 N–H and O–H groups in total. The topological polar surface area (TPSA) is 57.5 Å². The molecule has 2 aromatic carbocycles. The fraction of sp³-hybridized carbons (Fsp3) is 0. The third-order valence-electron chi connectivity index (χ3n) is 1.77. The van der Waals surface area contributed by atoms with E-state index in [1.54, 1.807) is 0 Å². The summed E-state index contributed by atoms with van der Waals surface area (Å²) in [5.41, 5.74) is 0. The molecule has 0 atom stereocenters. The Balaban J connectivity index is 0.000000245. The van der Waals surface area contributed by atoms with Gasteiger partial charge in [-0.2, -0.15) is 0 Å². The summed E-state index contributed by atoms with van der Waals surface area (Å²) >= 11 is 0.949. The first-order valence-electron chi connectivity index (χ1n) is 4.26. The van der Waals surface area contributed by atoms with Crippen LogP contribution in [0.15, 0.2) is 42.5 Å². The first kappa shape index (κ1) is 11.9. The summed E-state index contributed by atoms with van der Waals surface area (Å²) in [6, 6.07) is 15.2. The molecule has 0 spiro atoms. The predicted octanol–water partition coefficient (Wildman–Crippen LogP) is 1.32.